The van der Waals surface area contributed by atoms with Gasteiger partial charge in [0.25, 0.3) is 0 Å². The number of hydrogen-bond donors (Lipinski definition) is 4. The second kappa shape index (κ2) is 15.7. The Hall–Kier alpha value is -2.77. The van der Waals surface area contributed by atoms with E-state index in [1.165, 1.54) is 19.2 Å². The van der Waals surface area contributed by atoms with E-state index in [1.54, 1.807) is 31.4 Å². The van der Waals surface area contributed by atoms with Gasteiger partial charge in [-0.25, -0.2) is 0 Å². The van der Waals surface area contributed by atoms with E-state index in [-0.39, 0.29) is 39.6 Å². The summed E-state index contributed by atoms with van der Waals surface area (Å²) in [5, 5.41) is 36.0. The Morgan fingerprint density at radius 3 is 1.50 bits per heavy atom. The zero-order valence-electron chi connectivity index (χ0n) is 13.6. The summed E-state index contributed by atoms with van der Waals surface area (Å²) in [4.78, 5) is 8.00. The molecule has 2 rings (SSSR count). The molecule has 0 unspecified atom stereocenters. The molecule has 7 heteroatoms. The molecule has 2 aromatic rings. The minimum atomic E-state index is -0.282. The van der Waals surface area contributed by atoms with Gasteiger partial charge in [-0.3, -0.25) is 0 Å². The van der Waals surface area contributed by atoms with Crippen LogP contribution in [0.2, 0.25) is 0 Å². The molecule has 26 heavy (non-hydrogen) atoms. The van der Waals surface area contributed by atoms with Crippen molar-refractivity contribution >= 4 is 6.79 Å². The Kier molecular flexibility index (Phi) is 17.0. The van der Waals surface area contributed by atoms with Gasteiger partial charge >= 0.3 is 0 Å². The second-order valence-corrected chi connectivity index (χ2v) is 4.31. The molecule has 0 bridgehead atoms. The second-order valence-electron chi connectivity index (χ2n) is 4.31. The molecule has 0 aromatic heterocycles. The summed E-state index contributed by atoms with van der Waals surface area (Å²) < 4.78 is 9.78. The van der Waals surface area contributed by atoms with Crippen LogP contribution in [0.15, 0.2) is 36.4 Å². The predicted molar refractivity (Wildman–Crippen MR) is 102 cm³/mol. The van der Waals surface area contributed by atoms with Crippen molar-refractivity contribution in [2.45, 2.75) is 28.1 Å². The van der Waals surface area contributed by atoms with Crippen LogP contribution in [-0.2, 0) is 18.0 Å². The zero-order valence-corrected chi connectivity index (χ0v) is 13.6. The van der Waals surface area contributed by atoms with E-state index in [1.807, 2.05) is 6.79 Å². The van der Waals surface area contributed by atoms with Crippen molar-refractivity contribution < 1.29 is 34.7 Å². The molecule has 0 spiro atoms. The fourth-order valence-corrected chi connectivity index (χ4v) is 1.67. The number of benzene rings is 2. The third-order valence-corrected chi connectivity index (χ3v) is 2.89. The van der Waals surface area contributed by atoms with Gasteiger partial charge in [0.15, 0.2) is 0 Å². The van der Waals surface area contributed by atoms with Crippen molar-refractivity contribution in [3.63, 3.8) is 0 Å². The Bertz CT molecular complexity index is 572. The highest BCUT2D eigenvalue weighted by Gasteiger charge is 2.08. The van der Waals surface area contributed by atoms with Gasteiger partial charge in [0.1, 0.15) is 29.8 Å². The summed E-state index contributed by atoms with van der Waals surface area (Å²) in [6.07, 6.45) is 0. The van der Waals surface area contributed by atoms with E-state index >= 15 is 0 Å². The molecule has 0 aliphatic heterocycles. The molecule has 7 nitrogen and oxygen atoms in total. The SMILES string of the molecule is C.C.C=O.COc1cc(CO)c(O)c(CO)c1.COc1ccc(O)cc1. The largest absolute Gasteiger partial charge is 0.508 e. The molecule has 0 radical (unpaired) electrons. The van der Waals surface area contributed by atoms with Crippen LogP contribution in [0.4, 0.5) is 0 Å². The van der Waals surface area contributed by atoms with Crippen LogP contribution in [0.3, 0.4) is 0 Å². The van der Waals surface area contributed by atoms with E-state index in [0.717, 1.165) is 5.75 Å². The van der Waals surface area contributed by atoms with Gasteiger partial charge in [-0.1, -0.05) is 14.9 Å². The Balaban J connectivity index is -0.000000361. The van der Waals surface area contributed by atoms with Gasteiger partial charge in [0.2, 0.25) is 0 Å². The van der Waals surface area contributed by atoms with Crippen LogP contribution >= 0.6 is 0 Å². The average Bonchev–Trinajstić information content (AvgIpc) is 2.64. The number of ether oxygens (including phenoxy) is 2. The zero-order chi connectivity index (χ0) is 18.5. The van der Waals surface area contributed by atoms with Crippen LogP contribution in [-0.4, -0.2) is 41.4 Å². The van der Waals surface area contributed by atoms with Crippen LogP contribution in [0, 0.1) is 0 Å². The number of methoxy groups -OCH3 is 2. The predicted octanol–water partition coefficient (Wildman–Crippen LogP) is 2.87. The van der Waals surface area contributed by atoms with Crippen LogP contribution in [0.1, 0.15) is 26.0 Å². The highest BCUT2D eigenvalue weighted by Crippen LogP contribution is 2.28. The van der Waals surface area contributed by atoms with Crippen molar-refractivity contribution in [2.75, 3.05) is 14.2 Å². The summed E-state index contributed by atoms with van der Waals surface area (Å²) in [5.41, 5.74) is 0.701. The van der Waals surface area contributed by atoms with Gasteiger partial charge in [-0.05, 0) is 36.4 Å². The summed E-state index contributed by atoms with van der Waals surface area (Å²) in [6, 6.07) is 9.62. The van der Waals surface area contributed by atoms with Crippen LogP contribution in [0.25, 0.3) is 0 Å². The number of aromatic hydroxyl groups is 2. The summed E-state index contributed by atoms with van der Waals surface area (Å²) in [7, 11) is 3.07. The molecule has 0 aliphatic rings. The number of aliphatic hydroxyl groups is 2. The number of hydrogen-bond acceptors (Lipinski definition) is 7. The molecule has 2 aromatic carbocycles. The first-order valence-corrected chi connectivity index (χ1v) is 6.78. The third-order valence-electron chi connectivity index (χ3n) is 2.89. The number of phenolic OH excluding ortho intramolecular Hbond substituents is 1. The maximum Gasteiger partial charge on any atom is 0.126 e. The minimum Gasteiger partial charge on any atom is -0.508 e. The normalized spacial score (nSPS) is 8.31. The van der Waals surface area contributed by atoms with Crippen molar-refractivity contribution in [1.82, 2.24) is 0 Å². The molecule has 0 fully saturated rings. The quantitative estimate of drug-likeness (QED) is 0.654. The topological polar surface area (TPSA) is 116 Å². The van der Waals surface area contributed by atoms with Gasteiger partial charge in [0.05, 0.1) is 27.4 Å². The first-order chi connectivity index (χ1) is 11.5. The minimum absolute atomic E-state index is 0. The highest BCUT2D eigenvalue weighted by atomic mass is 16.5. The standard InChI is InChI=1S/C9H12O4.C7H8O2.CH2O.2CH4/c1-13-8-2-6(4-10)9(12)7(3-8)5-11;1-9-7-4-2-6(8)3-5-7;1-2;;/h2-3,10-12H,4-5H2,1H3;2-5,8H,1H3;1H2;2*1H4. The van der Waals surface area contributed by atoms with Gasteiger partial charge < -0.3 is 34.7 Å². The summed E-state index contributed by atoms with van der Waals surface area (Å²) in [6.45, 7) is 1.44. The van der Waals surface area contributed by atoms with E-state index < -0.39 is 0 Å². The number of carbonyl (C=O) groups is 1. The molecule has 0 heterocycles. The lowest BCUT2D eigenvalue weighted by Crippen LogP contribution is -1.94. The molecule has 0 saturated heterocycles. The maximum atomic E-state index is 9.43. The number of carbonyl (C=O) groups excluding carboxylic acids is 1. The summed E-state index contributed by atoms with van der Waals surface area (Å²) >= 11 is 0. The molecule has 0 aliphatic carbocycles. The van der Waals surface area contributed by atoms with E-state index in [4.69, 9.17) is 29.6 Å². The first-order valence-electron chi connectivity index (χ1n) is 6.78. The molecule has 4 N–H and O–H groups in total. The highest BCUT2D eigenvalue weighted by molar-refractivity contribution is 5.45. The van der Waals surface area contributed by atoms with Crippen LogP contribution in [0.5, 0.6) is 23.0 Å². The van der Waals surface area contributed by atoms with Crippen molar-refractivity contribution in [2.24, 2.45) is 0 Å². The van der Waals surface area contributed by atoms with Gasteiger partial charge in [-0.2, -0.15) is 0 Å². The molecular weight excluding hydrogens is 340 g/mol. The van der Waals surface area contributed by atoms with Crippen molar-refractivity contribution in [3.8, 4) is 23.0 Å². The fourth-order valence-electron chi connectivity index (χ4n) is 1.67. The third kappa shape index (κ3) is 8.91. The molecule has 0 atom stereocenters. The first kappa shape index (κ1) is 28.1. The van der Waals surface area contributed by atoms with Gasteiger partial charge in [0, 0.05) is 11.1 Å². The van der Waals surface area contributed by atoms with Crippen molar-refractivity contribution in [3.05, 3.63) is 47.5 Å². The molecule has 148 valence electrons. The number of aliphatic hydroxyl groups excluding tert-OH is 2. The lowest BCUT2D eigenvalue weighted by molar-refractivity contribution is -0.0980. The number of rotatable bonds is 4. The van der Waals surface area contributed by atoms with Gasteiger partial charge in [-0.15, -0.1) is 0 Å². The molecular formula is C19H30O7. The Labute approximate surface area is 155 Å². The lowest BCUT2D eigenvalue weighted by Gasteiger charge is -2.08. The maximum absolute atomic E-state index is 9.43. The Morgan fingerprint density at radius 1 is 0.808 bits per heavy atom. The smallest absolute Gasteiger partial charge is 0.126 e. The Morgan fingerprint density at radius 2 is 1.19 bits per heavy atom. The molecule has 0 amide bonds. The monoisotopic (exact) mass is 370 g/mol. The molecule has 0 saturated carbocycles. The average molecular weight is 370 g/mol. The van der Waals surface area contributed by atoms with Crippen LogP contribution < -0.4 is 9.47 Å². The fraction of sp³-hybridized carbons (Fsp3) is 0.316. The van der Waals surface area contributed by atoms with Crippen molar-refractivity contribution in [1.29, 1.82) is 0 Å². The van der Waals surface area contributed by atoms with E-state index in [2.05, 4.69) is 0 Å². The lowest BCUT2D eigenvalue weighted by atomic mass is 10.1. The number of phenols is 2. The van der Waals surface area contributed by atoms with E-state index in [9.17, 15) is 5.11 Å². The van der Waals surface area contributed by atoms with E-state index in [0.29, 0.717) is 16.9 Å². The summed E-state index contributed by atoms with van der Waals surface area (Å²) in [5.74, 6) is 1.44.